The minimum atomic E-state index is -0.977. The third kappa shape index (κ3) is 4.68. The van der Waals surface area contributed by atoms with Gasteiger partial charge in [-0.2, -0.15) is 0 Å². The summed E-state index contributed by atoms with van der Waals surface area (Å²) in [5, 5.41) is 10.3. The smallest absolute Gasteiger partial charge is 0.341 e. The lowest BCUT2D eigenvalue weighted by Crippen LogP contribution is -2.13. The SMILES string of the molecule is Cc1cccc(-c2nc3c(s2)C(SCc2ccccc2)Cc2c(OCC(=O)O)cccc2-3)c1. The average molecular weight is 474 g/mol. The number of nitrogens with zero attached hydrogens (tertiary/aromatic N) is 1. The zero-order valence-corrected chi connectivity index (χ0v) is 19.8. The molecule has 1 atom stereocenters. The molecule has 0 spiro atoms. The van der Waals surface area contributed by atoms with E-state index in [1.165, 1.54) is 16.0 Å². The van der Waals surface area contributed by atoms with Crippen molar-refractivity contribution in [3.8, 4) is 27.6 Å². The van der Waals surface area contributed by atoms with Crippen LogP contribution in [0.1, 0.15) is 26.8 Å². The third-order valence-corrected chi connectivity index (χ3v) is 8.31. The number of carbonyl (C=O) groups is 1. The van der Waals surface area contributed by atoms with Gasteiger partial charge in [0, 0.05) is 32.6 Å². The van der Waals surface area contributed by atoms with Crippen LogP contribution in [-0.4, -0.2) is 22.7 Å². The molecule has 0 radical (unpaired) electrons. The molecule has 0 amide bonds. The zero-order chi connectivity index (χ0) is 22.8. The Balaban J connectivity index is 1.55. The number of carboxylic acid groups (broad SMARTS) is 1. The van der Waals surface area contributed by atoms with Gasteiger partial charge in [0.25, 0.3) is 0 Å². The van der Waals surface area contributed by atoms with Gasteiger partial charge in [-0.25, -0.2) is 9.78 Å². The highest BCUT2D eigenvalue weighted by Gasteiger charge is 2.31. The molecule has 33 heavy (non-hydrogen) atoms. The monoisotopic (exact) mass is 473 g/mol. The Morgan fingerprint density at radius 2 is 1.94 bits per heavy atom. The van der Waals surface area contributed by atoms with Gasteiger partial charge in [-0.1, -0.05) is 66.2 Å². The Labute approximate surface area is 201 Å². The number of carboxylic acids is 1. The van der Waals surface area contributed by atoms with Gasteiger partial charge in [0.05, 0.1) is 5.69 Å². The van der Waals surface area contributed by atoms with E-state index >= 15 is 0 Å². The van der Waals surface area contributed by atoms with Crippen molar-refractivity contribution in [1.29, 1.82) is 0 Å². The van der Waals surface area contributed by atoms with Crippen LogP contribution < -0.4 is 4.74 Å². The molecule has 1 aliphatic carbocycles. The highest BCUT2D eigenvalue weighted by molar-refractivity contribution is 7.98. The number of benzene rings is 3. The topological polar surface area (TPSA) is 59.4 Å². The van der Waals surface area contributed by atoms with Crippen molar-refractivity contribution >= 4 is 29.1 Å². The number of rotatable bonds is 7. The van der Waals surface area contributed by atoms with E-state index in [1.807, 2.05) is 30.0 Å². The lowest BCUT2D eigenvalue weighted by atomic mass is 9.92. The first kappa shape index (κ1) is 21.7. The molecule has 0 fully saturated rings. The molecule has 1 N–H and O–H groups in total. The molecular formula is C27H23NO3S2. The highest BCUT2D eigenvalue weighted by Crippen LogP contribution is 2.51. The molecule has 5 rings (SSSR count). The van der Waals surface area contributed by atoms with E-state index in [0.29, 0.717) is 5.75 Å². The molecule has 4 aromatic rings. The number of ether oxygens (including phenoxy) is 1. The normalized spacial score (nSPS) is 14.4. The molecule has 0 bridgehead atoms. The maximum atomic E-state index is 11.1. The van der Waals surface area contributed by atoms with Gasteiger partial charge < -0.3 is 9.84 Å². The summed E-state index contributed by atoms with van der Waals surface area (Å²) in [4.78, 5) is 17.5. The fourth-order valence-corrected chi connectivity index (χ4v) is 6.64. The van der Waals surface area contributed by atoms with E-state index in [2.05, 4.69) is 61.5 Å². The standard InChI is InChI=1S/C27H23NO3S2/c1-17-7-5-10-19(13-17)27-28-25-20-11-6-12-22(31-15-24(29)30)21(20)14-23(26(25)33-27)32-16-18-8-3-2-4-9-18/h2-13,23H,14-16H2,1H3,(H,29,30). The largest absolute Gasteiger partial charge is 0.482 e. The maximum Gasteiger partial charge on any atom is 0.341 e. The van der Waals surface area contributed by atoms with E-state index < -0.39 is 5.97 Å². The highest BCUT2D eigenvalue weighted by atomic mass is 32.2. The van der Waals surface area contributed by atoms with Gasteiger partial charge in [0.1, 0.15) is 10.8 Å². The van der Waals surface area contributed by atoms with Crippen molar-refractivity contribution in [2.75, 3.05) is 6.61 Å². The molecule has 0 saturated heterocycles. The summed E-state index contributed by atoms with van der Waals surface area (Å²) in [6, 6.07) is 24.8. The summed E-state index contributed by atoms with van der Waals surface area (Å²) in [6.45, 7) is 1.74. The van der Waals surface area contributed by atoms with Crippen LogP contribution in [0.3, 0.4) is 0 Å². The van der Waals surface area contributed by atoms with E-state index in [-0.39, 0.29) is 11.9 Å². The van der Waals surface area contributed by atoms with Crippen molar-refractivity contribution in [2.45, 2.75) is 24.3 Å². The fourth-order valence-electron chi connectivity index (χ4n) is 4.10. The first-order valence-corrected chi connectivity index (χ1v) is 12.6. The molecule has 3 aromatic carbocycles. The number of thiazole rings is 1. The molecule has 1 unspecified atom stereocenters. The predicted molar refractivity (Wildman–Crippen MR) is 135 cm³/mol. The summed E-state index contributed by atoms with van der Waals surface area (Å²) in [5.41, 5.74) is 6.69. The Hall–Kier alpha value is -3.09. The first-order chi connectivity index (χ1) is 16.1. The van der Waals surface area contributed by atoms with Crippen LogP contribution in [-0.2, 0) is 17.0 Å². The Kier molecular flexibility index (Phi) is 6.20. The van der Waals surface area contributed by atoms with Crippen molar-refractivity contribution in [3.63, 3.8) is 0 Å². The minimum absolute atomic E-state index is 0.221. The third-order valence-electron chi connectivity index (χ3n) is 5.63. The van der Waals surface area contributed by atoms with Crippen molar-refractivity contribution in [1.82, 2.24) is 4.98 Å². The van der Waals surface area contributed by atoms with E-state index in [9.17, 15) is 4.79 Å². The van der Waals surface area contributed by atoms with Gasteiger partial charge in [0.15, 0.2) is 6.61 Å². The molecular weight excluding hydrogens is 450 g/mol. The number of hydrogen-bond donors (Lipinski definition) is 1. The number of aliphatic carboxylic acids is 1. The molecule has 1 aromatic heterocycles. The lowest BCUT2D eigenvalue weighted by molar-refractivity contribution is -0.139. The quantitative estimate of drug-likeness (QED) is 0.321. The number of aryl methyl sites for hydroxylation is 1. The van der Waals surface area contributed by atoms with E-state index in [4.69, 9.17) is 14.8 Å². The molecule has 1 aliphatic rings. The van der Waals surface area contributed by atoms with Crippen LogP contribution in [0.4, 0.5) is 0 Å². The Bertz CT molecular complexity index is 1300. The van der Waals surface area contributed by atoms with E-state index in [0.717, 1.165) is 39.6 Å². The molecule has 0 saturated carbocycles. The van der Waals surface area contributed by atoms with Gasteiger partial charge in [-0.15, -0.1) is 23.1 Å². The second-order valence-electron chi connectivity index (χ2n) is 8.06. The van der Waals surface area contributed by atoms with Gasteiger partial charge in [-0.3, -0.25) is 0 Å². The van der Waals surface area contributed by atoms with Gasteiger partial charge in [-0.05, 0) is 31.0 Å². The Morgan fingerprint density at radius 1 is 1.12 bits per heavy atom. The molecule has 4 nitrogen and oxygen atoms in total. The van der Waals surface area contributed by atoms with Gasteiger partial charge in [0.2, 0.25) is 0 Å². The predicted octanol–water partition coefficient (Wildman–Crippen LogP) is 6.78. The summed E-state index contributed by atoms with van der Waals surface area (Å²) < 4.78 is 5.67. The van der Waals surface area contributed by atoms with Crippen LogP contribution >= 0.6 is 23.1 Å². The number of thioether (sulfide) groups is 1. The summed E-state index contributed by atoms with van der Waals surface area (Å²) in [5.74, 6) is 0.557. The van der Waals surface area contributed by atoms with Crippen LogP contribution in [0, 0.1) is 6.92 Å². The minimum Gasteiger partial charge on any atom is -0.482 e. The first-order valence-electron chi connectivity index (χ1n) is 10.8. The van der Waals surface area contributed by atoms with Crippen LogP contribution in [0.25, 0.3) is 21.8 Å². The summed E-state index contributed by atoms with van der Waals surface area (Å²) in [6.07, 6.45) is 0.783. The van der Waals surface area contributed by atoms with Gasteiger partial charge >= 0.3 is 5.97 Å². The maximum absolute atomic E-state index is 11.1. The Morgan fingerprint density at radius 3 is 2.73 bits per heavy atom. The second-order valence-corrected chi connectivity index (χ2v) is 10.3. The molecule has 1 heterocycles. The summed E-state index contributed by atoms with van der Waals surface area (Å²) in [7, 11) is 0. The number of hydrogen-bond acceptors (Lipinski definition) is 5. The summed E-state index contributed by atoms with van der Waals surface area (Å²) >= 11 is 3.66. The average Bonchev–Trinajstić information content (AvgIpc) is 3.28. The lowest BCUT2D eigenvalue weighted by Gasteiger charge is -2.25. The van der Waals surface area contributed by atoms with Crippen molar-refractivity contribution in [2.24, 2.45) is 0 Å². The van der Waals surface area contributed by atoms with Crippen LogP contribution in [0.5, 0.6) is 5.75 Å². The van der Waals surface area contributed by atoms with Crippen molar-refractivity contribution < 1.29 is 14.6 Å². The number of aromatic nitrogens is 1. The second kappa shape index (κ2) is 9.41. The van der Waals surface area contributed by atoms with Crippen LogP contribution in [0.2, 0.25) is 0 Å². The molecule has 0 aliphatic heterocycles. The van der Waals surface area contributed by atoms with E-state index in [1.54, 1.807) is 11.3 Å². The van der Waals surface area contributed by atoms with Crippen molar-refractivity contribution in [3.05, 3.63) is 94.4 Å². The number of fused-ring (bicyclic) bond motifs is 3. The molecule has 6 heteroatoms. The zero-order valence-electron chi connectivity index (χ0n) is 18.2. The molecule has 166 valence electrons. The van der Waals surface area contributed by atoms with Crippen LogP contribution in [0.15, 0.2) is 72.8 Å². The fraction of sp³-hybridized carbons (Fsp3) is 0.185.